The quantitative estimate of drug-likeness (QED) is 0.563. The van der Waals surface area contributed by atoms with Gasteiger partial charge in [-0.15, -0.1) is 0 Å². The van der Waals surface area contributed by atoms with E-state index >= 15 is 0 Å². The number of pyridine rings is 1. The summed E-state index contributed by atoms with van der Waals surface area (Å²) in [5, 5.41) is 2.47. The number of guanidine groups is 1. The molecule has 2 heterocycles. The fourth-order valence-electron chi connectivity index (χ4n) is 2.16. The minimum Gasteiger partial charge on any atom is -0.368 e. The first-order valence-electron chi connectivity index (χ1n) is 6.57. The number of amidine groups is 1. The van der Waals surface area contributed by atoms with E-state index in [0.29, 0.717) is 6.07 Å². The van der Waals surface area contributed by atoms with Gasteiger partial charge in [0.2, 0.25) is 17.7 Å². The van der Waals surface area contributed by atoms with E-state index in [2.05, 4.69) is 20.3 Å². The second-order valence-corrected chi connectivity index (χ2v) is 4.94. The highest BCUT2D eigenvalue weighted by Crippen LogP contribution is 2.23. The third-order valence-corrected chi connectivity index (χ3v) is 3.17. The Morgan fingerprint density at radius 1 is 1.00 bits per heavy atom. The largest absolute Gasteiger partial charge is 0.368 e. The van der Waals surface area contributed by atoms with Crippen LogP contribution in [0.2, 0.25) is 0 Å². The second-order valence-electron chi connectivity index (χ2n) is 4.94. The molecule has 0 saturated heterocycles. The van der Waals surface area contributed by atoms with Crippen molar-refractivity contribution in [1.82, 2.24) is 10.3 Å². The molecule has 0 saturated carbocycles. The van der Waals surface area contributed by atoms with Gasteiger partial charge in [-0.3, -0.25) is 5.73 Å². The van der Waals surface area contributed by atoms with Crippen LogP contribution in [0.25, 0.3) is 0 Å². The van der Waals surface area contributed by atoms with Crippen LogP contribution in [0.4, 0.5) is 17.6 Å². The lowest BCUT2D eigenvalue weighted by atomic mass is 10.1. The summed E-state index contributed by atoms with van der Waals surface area (Å²) >= 11 is 0. The molecule has 10 heteroatoms. The molecule has 3 rings (SSSR count). The van der Waals surface area contributed by atoms with Gasteiger partial charge in [0.25, 0.3) is 0 Å². The van der Waals surface area contributed by atoms with Gasteiger partial charge in [-0.1, -0.05) is 0 Å². The van der Waals surface area contributed by atoms with Crippen molar-refractivity contribution in [3.05, 3.63) is 65.0 Å². The number of aliphatic imine (C=N–C) groups is 2. The third-order valence-electron chi connectivity index (χ3n) is 3.17. The van der Waals surface area contributed by atoms with Gasteiger partial charge in [0, 0.05) is 11.6 Å². The van der Waals surface area contributed by atoms with E-state index in [1.54, 1.807) is 0 Å². The molecule has 124 valence electrons. The van der Waals surface area contributed by atoms with Crippen molar-refractivity contribution in [3.63, 3.8) is 0 Å². The average Bonchev–Trinajstić information content (AvgIpc) is 2.48. The lowest BCUT2D eigenvalue weighted by Gasteiger charge is -2.31. The van der Waals surface area contributed by atoms with Crippen LogP contribution >= 0.6 is 0 Å². The Balaban J connectivity index is 2.08. The van der Waals surface area contributed by atoms with Gasteiger partial charge >= 0.3 is 0 Å². The molecule has 2 aromatic rings. The van der Waals surface area contributed by atoms with E-state index in [0.717, 1.165) is 24.3 Å². The van der Waals surface area contributed by atoms with Crippen molar-refractivity contribution >= 4 is 11.8 Å². The van der Waals surface area contributed by atoms with Crippen LogP contribution in [0.3, 0.4) is 0 Å². The topological polar surface area (TPSA) is 102 Å². The summed E-state index contributed by atoms with van der Waals surface area (Å²) in [6.45, 7) is 0. The molecule has 0 radical (unpaired) electrons. The maximum Gasteiger partial charge on any atom is 0.221 e. The predicted octanol–water partition coefficient (Wildman–Crippen LogP) is 1.07. The van der Waals surface area contributed by atoms with Crippen molar-refractivity contribution in [3.8, 4) is 0 Å². The van der Waals surface area contributed by atoms with E-state index in [-0.39, 0.29) is 11.4 Å². The summed E-state index contributed by atoms with van der Waals surface area (Å²) in [6, 6.07) is 4.14. The zero-order valence-corrected chi connectivity index (χ0v) is 11.9. The van der Waals surface area contributed by atoms with Crippen LogP contribution in [-0.2, 0) is 5.79 Å². The van der Waals surface area contributed by atoms with Crippen molar-refractivity contribution in [2.24, 2.45) is 21.5 Å². The van der Waals surface area contributed by atoms with Crippen LogP contribution in [0.15, 0.2) is 40.3 Å². The molecular weight excluding hydrogens is 328 g/mol. The van der Waals surface area contributed by atoms with E-state index in [1.165, 1.54) is 0 Å². The van der Waals surface area contributed by atoms with Crippen LogP contribution in [0.1, 0.15) is 11.3 Å². The number of benzene rings is 1. The molecule has 1 aliphatic heterocycles. The number of halogens is 4. The van der Waals surface area contributed by atoms with E-state index in [9.17, 15) is 17.6 Å². The first kappa shape index (κ1) is 15.9. The van der Waals surface area contributed by atoms with Gasteiger partial charge in [-0.25, -0.2) is 23.1 Å². The summed E-state index contributed by atoms with van der Waals surface area (Å²) in [4.78, 5) is 10.9. The Morgan fingerprint density at radius 3 is 2.33 bits per heavy atom. The highest BCUT2D eigenvalue weighted by molar-refractivity contribution is 6.06. The highest BCUT2D eigenvalue weighted by Gasteiger charge is 2.34. The molecule has 0 spiro atoms. The van der Waals surface area contributed by atoms with Crippen LogP contribution in [0.5, 0.6) is 0 Å². The molecule has 1 atom stereocenters. The first-order chi connectivity index (χ1) is 11.3. The maximum absolute atomic E-state index is 13.9. The number of nitrogens with one attached hydrogen (secondary N) is 1. The van der Waals surface area contributed by atoms with Gasteiger partial charge in [0.15, 0.2) is 11.7 Å². The monoisotopic (exact) mass is 338 g/mol. The Morgan fingerprint density at radius 2 is 1.67 bits per heavy atom. The molecule has 0 aliphatic carbocycles. The number of aromatic nitrogens is 1. The lowest BCUT2D eigenvalue weighted by molar-refractivity contribution is 0.417. The SMILES string of the molecule is NC1=NC(N)(c2cc(F)cc(F)c2)NC(c2nc(F)ccc2F)=N1. The van der Waals surface area contributed by atoms with Crippen LogP contribution < -0.4 is 16.8 Å². The summed E-state index contributed by atoms with van der Waals surface area (Å²) in [5.74, 6) is -6.33. The van der Waals surface area contributed by atoms with E-state index < -0.39 is 40.8 Å². The van der Waals surface area contributed by atoms with E-state index in [4.69, 9.17) is 11.5 Å². The molecule has 1 aliphatic rings. The summed E-state index contributed by atoms with van der Waals surface area (Å²) < 4.78 is 54.0. The maximum atomic E-state index is 13.9. The number of nitrogens with zero attached hydrogens (tertiary/aromatic N) is 3. The standard InChI is InChI=1S/C14H10F4N6/c15-7-3-6(4-8(16)5-7)14(20)23-12(22-13(19)24-14)11-9(17)1-2-10(18)21-11/h1-5H,20H2,(H3,19,22,23,24). The van der Waals surface area contributed by atoms with Gasteiger partial charge < -0.3 is 11.1 Å². The number of rotatable bonds is 2. The van der Waals surface area contributed by atoms with Crippen molar-refractivity contribution in [1.29, 1.82) is 0 Å². The first-order valence-corrected chi connectivity index (χ1v) is 6.57. The molecule has 0 fully saturated rings. The van der Waals surface area contributed by atoms with E-state index in [1.807, 2.05) is 0 Å². The normalized spacial score (nSPS) is 20.2. The fraction of sp³-hybridized carbons (Fsp3) is 0.0714. The number of hydrogen-bond donors (Lipinski definition) is 3. The lowest BCUT2D eigenvalue weighted by Crippen LogP contribution is -2.55. The average molecular weight is 338 g/mol. The molecular formula is C14H10F4N6. The molecule has 24 heavy (non-hydrogen) atoms. The Hall–Kier alpha value is -3.01. The number of hydrogen-bond acceptors (Lipinski definition) is 6. The Kier molecular flexibility index (Phi) is 3.68. The van der Waals surface area contributed by atoms with Gasteiger partial charge in [-0.2, -0.15) is 9.38 Å². The second kappa shape index (κ2) is 5.57. The molecule has 0 amide bonds. The van der Waals surface area contributed by atoms with Gasteiger partial charge in [-0.05, 0) is 24.3 Å². The molecule has 1 unspecified atom stereocenters. The predicted molar refractivity (Wildman–Crippen MR) is 77.7 cm³/mol. The smallest absolute Gasteiger partial charge is 0.221 e. The number of nitrogens with two attached hydrogens (primary N) is 2. The molecule has 0 bridgehead atoms. The molecule has 1 aromatic heterocycles. The summed E-state index contributed by atoms with van der Waals surface area (Å²) in [6.07, 6.45) is 0. The zero-order valence-electron chi connectivity index (χ0n) is 11.9. The van der Waals surface area contributed by atoms with Crippen molar-refractivity contribution < 1.29 is 17.6 Å². The molecule has 1 aromatic carbocycles. The van der Waals surface area contributed by atoms with Crippen molar-refractivity contribution in [2.45, 2.75) is 5.79 Å². The highest BCUT2D eigenvalue weighted by atomic mass is 19.1. The Labute approximate surface area is 132 Å². The van der Waals surface area contributed by atoms with Crippen LogP contribution in [-0.4, -0.2) is 16.8 Å². The third kappa shape index (κ3) is 2.91. The molecule has 5 N–H and O–H groups in total. The van der Waals surface area contributed by atoms with Crippen molar-refractivity contribution in [2.75, 3.05) is 0 Å². The van der Waals surface area contributed by atoms with Gasteiger partial charge in [0.1, 0.15) is 17.3 Å². The fourth-order valence-corrected chi connectivity index (χ4v) is 2.16. The zero-order chi connectivity index (χ0) is 17.5. The summed E-state index contributed by atoms with van der Waals surface area (Å²) in [5.41, 5.74) is 10.9. The summed E-state index contributed by atoms with van der Waals surface area (Å²) in [7, 11) is 0. The minimum absolute atomic E-state index is 0.132. The van der Waals surface area contributed by atoms with Gasteiger partial charge in [0.05, 0.1) is 0 Å². The Bertz CT molecular complexity index is 861. The van der Waals surface area contributed by atoms with Crippen LogP contribution in [0, 0.1) is 23.4 Å². The molecule has 6 nitrogen and oxygen atoms in total. The minimum atomic E-state index is -1.94.